The van der Waals surface area contributed by atoms with Crippen LogP contribution < -0.4 is 10.1 Å². The molecule has 1 amide bonds. The highest BCUT2D eigenvalue weighted by atomic mass is 16.5. The maximum absolute atomic E-state index is 11.6. The van der Waals surface area contributed by atoms with E-state index in [1.54, 1.807) is 0 Å². The van der Waals surface area contributed by atoms with Gasteiger partial charge in [0.15, 0.2) is 6.61 Å². The average Bonchev–Trinajstić information content (AvgIpc) is 2.28. The maximum atomic E-state index is 11.6. The molecule has 1 rings (SSSR count). The van der Waals surface area contributed by atoms with Gasteiger partial charge in [0, 0.05) is 6.04 Å². The van der Waals surface area contributed by atoms with Crippen LogP contribution in [0.25, 0.3) is 0 Å². The van der Waals surface area contributed by atoms with Gasteiger partial charge in [0.05, 0.1) is 0 Å². The number of benzene rings is 1. The van der Waals surface area contributed by atoms with Crippen LogP contribution in [0.4, 0.5) is 0 Å². The fourth-order valence-electron chi connectivity index (χ4n) is 1.58. The molecule has 0 spiro atoms. The van der Waals surface area contributed by atoms with Crippen LogP contribution in [0.1, 0.15) is 31.4 Å². The van der Waals surface area contributed by atoms with E-state index in [9.17, 15) is 4.79 Å². The average molecular weight is 235 g/mol. The highest BCUT2D eigenvalue weighted by molar-refractivity contribution is 5.77. The molecular formula is C14H21NO2. The Morgan fingerprint density at radius 2 is 1.94 bits per heavy atom. The van der Waals surface area contributed by atoms with E-state index in [2.05, 4.69) is 5.32 Å². The number of nitrogens with one attached hydrogen (secondary N) is 1. The number of aryl methyl sites for hydroxylation is 2. The molecule has 0 heterocycles. The Morgan fingerprint density at radius 3 is 2.47 bits per heavy atom. The maximum Gasteiger partial charge on any atom is 0.258 e. The molecule has 0 unspecified atom stereocenters. The normalized spacial score (nSPS) is 12.0. The molecule has 3 nitrogen and oxygen atoms in total. The lowest BCUT2D eigenvalue weighted by Crippen LogP contribution is -2.35. The zero-order valence-electron chi connectivity index (χ0n) is 11.0. The zero-order valence-corrected chi connectivity index (χ0v) is 11.0. The highest BCUT2D eigenvalue weighted by Crippen LogP contribution is 2.21. The van der Waals surface area contributed by atoms with Crippen LogP contribution in [0, 0.1) is 13.8 Å². The molecule has 0 aliphatic heterocycles. The van der Waals surface area contributed by atoms with Crippen LogP contribution in [0.2, 0.25) is 0 Å². The summed E-state index contributed by atoms with van der Waals surface area (Å²) in [6.07, 6.45) is 0.926. The molecule has 0 fully saturated rings. The lowest BCUT2D eigenvalue weighted by molar-refractivity contribution is -0.123. The summed E-state index contributed by atoms with van der Waals surface area (Å²) in [5.41, 5.74) is 2.11. The molecule has 1 atom stereocenters. The first-order chi connectivity index (χ1) is 8.04. The quantitative estimate of drug-likeness (QED) is 0.852. The first kappa shape index (κ1) is 13.6. The van der Waals surface area contributed by atoms with Gasteiger partial charge in [-0.25, -0.2) is 0 Å². The highest BCUT2D eigenvalue weighted by Gasteiger charge is 2.08. The number of ether oxygens (including phenoxy) is 1. The second-order valence-electron chi connectivity index (χ2n) is 4.39. The number of carbonyl (C=O) groups is 1. The zero-order chi connectivity index (χ0) is 12.8. The number of para-hydroxylation sites is 1. The predicted molar refractivity (Wildman–Crippen MR) is 69.3 cm³/mol. The molecule has 0 saturated carbocycles. The van der Waals surface area contributed by atoms with Crippen molar-refractivity contribution in [2.24, 2.45) is 0 Å². The number of rotatable bonds is 5. The van der Waals surface area contributed by atoms with E-state index in [4.69, 9.17) is 4.74 Å². The Labute approximate surface area is 103 Å². The Bertz CT molecular complexity index is 368. The van der Waals surface area contributed by atoms with Crippen molar-refractivity contribution >= 4 is 5.91 Å². The van der Waals surface area contributed by atoms with Crippen LogP contribution in [0.3, 0.4) is 0 Å². The van der Waals surface area contributed by atoms with Crippen molar-refractivity contribution < 1.29 is 9.53 Å². The van der Waals surface area contributed by atoms with Gasteiger partial charge in [-0.1, -0.05) is 25.1 Å². The molecule has 0 saturated heterocycles. The van der Waals surface area contributed by atoms with Crippen LogP contribution in [0.15, 0.2) is 18.2 Å². The first-order valence-corrected chi connectivity index (χ1v) is 6.03. The molecule has 0 aromatic heterocycles. The fraction of sp³-hybridized carbons (Fsp3) is 0.500. The van der Waals surface area contributed by atoms with E-state index in [0.29, 0.717) is 0 Å². The molecule has 17 heavy (non-hydrogen) atoms. The van der Waals surface area contributed by atoms with Gasteiger partial charge in [0.2, 0.25) is 0 Å². The fourth-order valence-corrected chi connectivity index (χ4v) is 1.58. The third-order valence-corrected chi connectivity index (χ3v) is 2.78. The van der Waals surface area contributed by atoms with Crippen LogP contribution in [-0.4, -0.2) is 18.6 Å². The largest absolute Gasteiger partial charge is 0.483 e. The van der Waals surface area contributed by atoms with Crippen LogP contribution >= 0.6 is 0 Å². The van der Waals surface area contributed by atoms with E-state index >= 15 is 0 Å². The molecule has 94 valence electrons. The van der Waals surface area contributed by atoms with Crippen molar-refractivity contribution in [3.63, 3.8) is 0 Å². The Balaban J connectivity index is 2.53. The van der Waals surface area contributed by atoms with E-state index in [1.807, 2.05) is 45.9 Å². The summed E-state index contributed by atoms with van der Waals surface area (Å²) >= 11 is 0. The summed E-state index contributed by atoms with van der Waals surface area (Å²) in [5.74, 6) is 0.744. The molecular weight excluding hydrogens is 214 g/mol. The van der Waals surface area contributed by atoms with Gasteiger partial charge < -0.3 is 10.1 Å². The molecule has 3 heteroatoms. The Morgan fingerprint density at radius 1 is 1.35 bits per heavy atom. The summed E-state index contributed by atoms with van der Waals surface area (Å²) in [4.78, 5) is 11.6. The lowest BCUT2D eigenvalue weighted by Gasteiger charge is -2.14. The van der Waals surface area contributed by atoms with E-state index < -0.39 is 0 Å². The molecule has 0 aliphatic carbocycles. The smallest absolute Gasteiger partial charge is 0.258 e. The summed E-state index contributed by atoms with van der Waals surface area (Å²) in [7, 11) is 0. The summed E-state index contributed by atoms with van der Waals surface area (Å²) in [5, 5.41) is 2.87. The third-order valence-electron chi connectivity index (χ3n) is 2.78. The number of carbonyl (C=O) groups excluding carboxylic acids is 1. The van der Waals surface area contributed by atoms with Gasteiger partial charge >= 0.3 is 0 Å². The van der Waals surface area contributed by atoms with Crippen molar-refractivity contribution in [2.45, 2.75) is 40.2 Å². The van der Waals surface area contributed by atoms with Gasteiger partial charge in [-0.2, -0.15) is 0 Å². The van der Waals surface area contributed by atoms with Gasteiger partial charge in [-0.15, -0.1) is 0 Å². The second kappa shape index (κ2) is 6.28. The lowest BCUT2D eigenvalue weighted by atomic mass is 10.1. The van der Waals surface area contributed by atoms with Crippen molar-refractivity contribution in [1.82, 2.24) is 5.32 Å². The van der Waals surface area contributed by atoms with Crippen LogP contribution in [0.5, 0.6) is 5.75 Å². The molecule has 0 aliphatic rings. The third kappa shape index (κ3) is 4.10. The van der Waals surface area contributed by atoms with Crippen LogP contribution in [-0.2, 0) is 4.79 Å². The van der Waals surface area contributed by atoms with Crippen molar-refractivity contribution in [2.75, 3.05) is 6.61 Å². The van der Waals surface area contributed by atoms with Gasteiger partial charge in [0.1, 0.15) is 5.75 Å². The monoisotopic (exact) mass is 235 g/mol. The molecule has 1 aromatic rings. The van der Waals surface area contributed by atoms with Crippen molar-refractivity contribution in [3.05, 3.63) is 29.3 Å². The van der Waals surface area contributed by atoms with Gasteiger partial charge in [-0.05, 0) is 38.3 Å². The molecule has 1 aromatic carbocycles. The SMILES string of the molecule is CC[C@@H](C)NC(=O)COc1c(C)cccc1C. The standard InChI is InChI=1S/C14H21NO2/c1-5-12(4)15-13(16)9-17-14-10(2)7-6-8-11(14)3/h6-8,12H,5,9H2,1-4H3,(H,15,16)/t12-/m1/s1. The minimum atomic E-state index is -0.0676. The number of amides is 1. The summed E-state index contributed by atoms with van der Waals surface area (Å²) < 4.78 is 5.56. The topological polar surface area (TPSA) is 38.3 Å². The van der Waals surface area contributed by atoms with Crippen molar-refractivity contribution in [1.29, 1.82) is 0 Å². The molecule has 1 N–H and O–H groups in total. The van der Waals surface area contributed by atoms with E-state index in [-0.39, 0.29) is 18.6 Å². The predicted octanol–water partition coefficient (Wildman–Crippen LogP) is 2.60. The van der Waals surface area contributed by atoms with Gasteiger partial charge in [-0.3, -0.25) is 4.79 Å². The molecule has 0 radical (unpaired) electrons. The minimum absolute atomic E-state index is 0.0676. The second-order valence-corrected chi connectivity index (χ2v) is 4.39. The van der Waals surface area contributed by atoms with E-state index in [0.717, 1.165) is 23.3 Å². The summed E-state index contributed by atoms with van der Waals surface area (Å²) in [6.45, 7) is 8.06. The minimum Gasteiger partial charge on any atom is -0.483 e. The van der Waals surface area contributed by atoms with E-state index in [1.165, 1.54) is 0 Å². The first-order valence-electron chi connectivity index (χ1n) is 6.03. The van der Waals surface area contributed by atoms with Gasteiger partial charge in [0.25, 0.3) is 5.91 Å². The number of hydrogen-bond acceptors (Lipinski definition) is 2. The number of hydrogen-bond donors (Lipinski definition) is 1. The summed E-state index contributed by atoms with van der Waals surface area (Å²) in [6, 6.07) is 6.14. The molecule has 0 bridgehead atoms. The Kier molecular flexibility index (Phi) is 5.01. The van der Waals surface area contributed by atoms with Crippen molar-refractivity contribution in [3.8, 4) is 5.75 Å². The Hall–Kier alpha value is -1.51.